The van der Waals surface area contributed by atoms with Gasteiger partial charge in [0.1, 0.15) is 16.4 Å². The van der Waals surface area contributed by atoms with Crippen LogP contribution in [0.4, 0.5) is 4.39 Å². The van der Waals surface area contributed by atoms with Gasteiger partial charge in [0.05, 0.1) is 11.6 Å². The monoisotopic (exact) mass is 514 g/mol. The number of nitrogens with zero attached hydrogens (tertiary/aromatic N) is 2. The smallest absolute Gasteiger partial charge is 0.268 e. The third-order valence-electron chi connectivity index (χ3n) is 6.77. The molecule has 0 atom stereocenters. The highest BCUT2D eigenvalue weighted by atomic mass is 32.1. The largest absolute Gasteiger partial charge is 0.506 e. The van der Waals surface area contributed by atoms with Gasteiger partial charge in [-0.25, -0.2) is 4.39 Å². The van der Waals surface area contributed by atoms with Crippen LogP contribution in [0.1, 0.15) is 66.8 Å². The average Bonchev–Trinajstić information content (AvgIpc) is 3.30. The van der Waals surface area contributed by atoms with E-state index in [1.165, 1.54) is 17.4 Å². The highest BCUT2D eigenvalue weighted by Crippen LogP contribution is 2.39. The molecule has 0 saturated heterocycles. The summed E-state index contributed by atoms with van der Waals surface area (Å²) in [6, 6.07) is 21.6. The Morgan fingerprint density at radius 3 is 2.38 bits per heavy atom. The van der Waals surface area contributed by atoms with Gasteiger partial charge in [-0.1, -0.05) is 63.4 Å². The number of hydrogen-bond donors (Lipinski definition) is 1. The van der Waals surface area contributed by atoms with E-state index in [2.05, 4.69) is 6.07 Å². The first-order valence-electron chi connectivity index (χ1n) is 12.9. The number of thiophene rings is 1. The predicted octanol–water partition coefficient (Wildman–Crippen LogP) is 8.29. The lowest BCUT2D eigenvalue weighted by atomic mass is 9.93. The third-order valence-corrected chi connectivity index (χ3v) is 7.92. The number of carbonyl (C=O) groups is 1. The number of hydrogen-bond acceptors (Lipinski definition) is 4. The summed E-state index contributed by atoms with van der Waals surface area (Å²) in [6.45, 7) is 4.13. The molecule has 1 aliphatic carbocycles. The van der Waals surface area contributed by atoms with Crippen LogP contribution >= 0.6 is 11.3 Å². The van der Waals surface area contributed by atoms with Crippen molar-refractivity contribution in [3.63, 3.8) is 0 Å². The third kappa shape index (κ3) is 5.68. The molecule has 0 bridgehead atoms. The molecule has 1 aliphatic rings. The Balaban J connectivity index is 0.00000156. The summed E-state index contributed by atoms with van der Waals surface area (Å²) >= 11 is 1.28. The molecule has 190 valence electrons. The molecule has 0 spiro atoms. The first-order valence-corrected chi connectivity index (χ1v) is 13.7. The Morgan fingerprint density at radius 1 is 1.03 bits per heavy atom. The zero-order chi connectivity index (χ0) is 26.4. The van der Waals surface area contributed by atoms with Crippen molar-refractivity contribution >= 4 is 27.3 Å². The van der Waals surface area contributed by atoms with Crippen LogP contribution in [-0.2, 0) is 6.54 Å². The number of aromatic hydroxyl groups is 1. The van der Waals surface area contributed by atoms with Crippen molar-refractivity contribution < 1.29 is 14.3 Å². The fourth-order valence-corrected chi connectivity index (χ4v) is 5.92. The molecule has 1 N–H and O–H groups in total. The van der Waals surface area contributed by atoms with Gasteiger partial charge in [-0.15, -0.1) is 11.3 Å². The van der Waals surface area contributed by atoms with Gasteiger partial charge in [0.15, 0.2) is 0 Å². The van der Waals surface area contributed by atoms with E-state index in [0.29, 0.717) is 21.4 Å². The standard InChI is InChI=1S/C29H25FN2O2S.C2H6/c30-25-15-14-21(20-12-10-19(17-31)11-13-20)16-22(25)18-32(23-6-2-1-3-7-23)29(34)28-27(33)24-8-4-5-9-26(24)35-28;1-2/h4-5,8-16,23,33H,1-3,6-7,18H2;1-2H3. The first kappa shape index (κ1) is 26.4. The number of nitriles is 1. The SMILES string of the molecule is CC.N#Cc1ccc(-c2ccc(F)c(CN(C(=O)c3sc4ccccc4c3O)C3CCCCC3)c2)cc1. The van der Waals surface area contributed by atoms with Crippen molar-refractivity contribution in [2.45, 2.75) is 58.5 Å². The van der Waals surface area contributed by atoms with Crippen LogP contribution in [0.3, 0.4) is 0 Å². The van der Waals surface area contributed by atoms with Crippen molar-refractivity contribution in [2.24, 2.45) is 0 Å². The quantitative estimate of drug-likeness (QED) is 0.291. The topological polar surface area (TPSA) is 64.3 Å². The molecule has 0 aliphatic heterocycles. The number of benzene rings is 3. The number of carbonyl (C=O) groups excluding carboxylic acids is 1. The van der Waals surface area contributed by atoms with Crippen molar-refractivity contribution in [1.29, 1.82) is 5.26 Å². The number of amides is 1. The second-order valence-corrected chi connectivity index (χ2v) is 10.0. The van der Waals surface area contributed by atoms with E-state index in [9.17, 15) is 9.90 Å². The zero-order valence-electron chi connectivity index (χ0n) is 21.2. The second-order valence-electron chi connectivity index (χ2n) is 9.00. The van der Waals surface area contributed by atoms with E-state index in [0.717, 1.165) is 47.9 Å². The molecule has 1 fully saturated rings. The summed E-state index contributed by atoms with van der Waals surface area (Å²) in [4.78, 5) is 15.9. The molecule has 3 aromatic carbocycles. The van der Waals surface area contributed by atoms with Gasteiger partial charge in [0.2, 0.25) is 0 Å². The van der Waals surface area contributed by atoms with Crippen LogP contribution < -0.4 is 0 Å². The van der Waals surface area contributed by atoms with Crippen molar-refractivity contribution in [2.75, 3.05) is 0 Å². The minimum atomic E-state index is -0.364. The maximum atomic E-state index is 15.0. The Bertz CT molecular complexity index is 1420. The molecule has 1 saturated carbocycles. The summed E-state index contributed by atoms with van der Waals surface area (Å²) in [5.74, 6) is -0.612. The lowest BCUT2D eigenvalue weighted by Gasteiger charge is -2.34. The lowest BCUT2D eigenvalue weighted by Crippen LogP contribution is -2.40. The fourth-order valence-electron chi connectivity index (χ4n) is 4.86. The first-order chi connectivity index (χ1) is 18.0. The van der Waals surface area contributed by atoms with Crippen LogP contribution in [0.25, 0.3) is 21.2 Å². The van der Waals surface area contributed by atoms with Crippen molar-refractivity contribution in [3.8, 4) is 22.9 Å². The summed E-state index contributed by atoms with van der Waals surface area (Å²) in [7, 11) is 0. The summed E-state index contributed by atoms with van der Waals surface area (Å²) in [6.07, 6.45) is 4.93. The van der Waals surface area contributed by atoms with Crippen molar-refractivity contribution in [3.05, 3.63) is 88.6 Å². The van der Waals surface area contributed by atoms with Crippen LogP contribution in [0, 0.1) is 17.1 Å². The minimum absolute atomic E-state index is 0.00108. The molecule has 5 rings (SSSR count). The molecule has 0 radical (unpaired) electrons. The molecule has 6 heteroatoms. The predicted molar refractivity (Wildman–Crippen MR) is 148 cm³/mol. The molecule has 4 nitrogen and oxygen atoms in total. The van der Waals surface area contributed by atoms with E-state index in [1.807, 2.05) is 50.2 Å². The highest BCUT2D eigenvalue weighted by Gasteiger charge is 2.30. The van der Waals surface area contributed by atoms with Crippen LogP contribution in [-0.4, -0.2) is 22.0 Å². The number of rotatable bonds is 5. The van der Waals surface area contributed by atoms with Gasteiger partial charge in [0.25, 0.3) is 5.91 Å². The Morgan fingerprint density at radius 2 is 1.70 bits per heavy atom. The Hall–Kier alpha value is -3.69. The summed E-state index contributed by atoms with van der Waals surface area (Å²) in [5.41, 5.74) is 2.70. The second kappa shape index (κ2) is 12.0. The van der Waals surface area contributed by atoms with Gasteiger partial charge < -0.3 is 10.0 Å². The van der Waals surface area contributed by atoms with Gasteiger partial charge >= 0.3 is 0 Å². The average molecular weight is 515 g/mol. The van der Waals surface area contributed by atoms with Gasteiger partial charge in [0, 0.05) is 28.2 Å². The van der Waals surface area contributed by atoms with Gasteiger partial charge in [-0.3, -0.25) is 4.79 Å². The molecule has 1 heterocycles. The van der Waals surface area contributed by atoms with E-state index in [4.69, 9.17) is 5.26 Å². The Kier molecular flexibility index (Phi) is 8.58. The van der Waals surface area contributed by atoms with E-state index in [1.54, 1.807) is 29.2 Å². The molecule has 1 aromatic heterocycles. The van der Waals surface area contributed by atoms with Crippen molar-refractivity contribution in [1.82, 2.24) is 4.90 Å². The lowest BCUT2D eigenvalue weighted by molar-refractivity contribution is 0.0614. The van der Waals surface area contributed by atoms with Crippen LogP contribution in [0.15, 0.2) is 66.7 Å². The maximum absolute atomic E-state index is 15.0. The minimum Gasteiger partial charge on any atom is -0.506 e. The fraction of sp³-hybridized carbons (Fsp3) is 0.290. The normalized spacial score (nSPS) is 13.5. The van der Waals surface area contributed by atoms with Gasteiger partial charge in [-0.2, -0.15) is 5.26 Å². The van der Waals surface area contributed by atoms with Crippen LogP contribution in [0.2, 0.25) is 0 Å². The number of fused-ring (bicyclic) bond motifs is 1. The molecular formula is C31H31FN2O2S. The summed E-state index contributed by atoms with van der Waals surface area (Å²) < 4.78 is 15.9. The maximum Gasteiger partial charge on any atom is 0.268 e. The van der Waals surface area contributed by atoms with E-state index in [-0.39, 0.29) is 30.1 Å². The van der Waals surface area contributed by atoms with Gasteiger partial charge in [-0.05, 0) is 60.4 Å². The van der Waals surface area contributed by atoms with Crippen LogP contribution in [0.5, 0.6) is 5.75 Å². The molecule has 1 amide bonds. The zero-order valence-corrected chi connectivity index (χ0v) is 22.0. The van der Waals surface area contributed by atoms with E-state index >= 15 is 4.39 Å². The molecule has 37 heavy (non-hydrogen) atoms. The molecule has 4 aromatic rings. The Labute approximate surface area is 221 Å². The highest BCUT2D eigenvalue weighted by molar-refractivity contribution is 7.21. The number of halogens is 1. The molecule has 0 unspecified atom stereocenters. The molecular weight excluding hydrogens is 483 g/mol. The summed E-state index contributed by atoms with van der Waals surface area (Å²) in [5, 5.41) is 20.6. The van der Waals surface area contributed by atoms with E-state index < -0.39 is 0 Å².